The number of aromatic amines is 1. The summed E-state index contributed by atoms with van der Waals surface area (Å²) in [5, 5.41) is 4.14. The number of amides is 2. The van der Waals surface area contributed by atoms with E-state index < -0.39 is 12.1 Å². The molecule has 0 aliphatic carbocycles. The summed E-state index contributed by atoms with van der Waals surface area (Å²) in [6.07, 6.45) is 0.500. The second kappa shape index (κ2) is 12.4. The molecular formula is C40H35N3O3. The monoisotopic (exact) mass is 605 g/mol. The van der Waals surface area contributed by atoms with E-state index in [2.05, 4.69) is 48.4 Å². The molecule has 0 bridgehead atoms. The van der Waals surface area contributed by atoms with Gasteiger partial charge in [0.2, 0.25) is 5.91 Å². The molecule has 0 saturated heterocycles. The lowest BCUT2D eigenvalue weighted by atomic mass is 9.91. The number of carbonyl (C=O) groups is 2. The van der Waals surface area contributed by atoms with E-state index in [0.717, 1.165) is 39.0 Å². The Morgan fingerprint density at radius 1 is 0.783 bits per heavy atom. The quantitative estimate of drug-likeness (QED) is 0.173. The molecule has 2 N–H and O–H groups in total. The Kier molecular flexibility index (Phi) is 7.85. The number of rotatable bonds is 9. The predicted octanol–water partition coefficient (Wildman–Crippen LogP) is 9.23. The fourth-order valence-corrected chi connectivity index (χ4v) is 6.48. The molecule has 6 nitrogen and oxygen atoms in total. The van der Waals surface area contributed by atoms with Gasteiger partial charge in [-0.25, -0.2) is 0 Å². The molecule has 6 aromatic rings. The highest BCUT2D eigenvalue weighted by molar-refractivity contribution is 6.06. The minimum atomic E-state index is -0.720. The summed E-state index contributed by atoms with van der Waals surface area (Å²) in [5.41, 5.74) is 6.10. The summed E-state index contributed by atoms with van der Waals surface area (Å²) in [6.45, 7) is 4.17. The fourth-order valence-electron chi connectivity index (χ4n) is 6.48. The van der Waals surface area contributed by atoms with Crippen LogP contribution in [0.3, 0.4) is 0 Å². The first-order valence-corrected chi connectivity index (χ1v) is 15.7. The van der Waals surface area contributed by atoms with Crippen LogP contribution < -0.4 is 10.1 Å². The van der Waals surface area contributed by atoms with Crippen LogP contribution in [0.1, 0.15) is 47.8 Å². The molecule has 1 aromatic heterocycles. The maximum absolute atomic E-state index is 14.4. The number of benzene rings is 5. The van der Waals surface area contributed by atoms with Crippen molar-refractivity contribution < 1.29 is 14.3 Å². The van der Waals surface area contributed by atoms with Gasteiger partial charge in [0.15, 0.2) is 0 Å². The van der Waals surface area contributed by atoms with E-state index in [1.165, 1.54) is 0 Å². The van der Waals surface area contributed by atoms with Gasteiger partial charge in [-0.1, -0.05) is 98.8 Å². The lowest BCUT2D eigenvalue weighted by molar-refractivity contribution is -0.121. The Bertz CT molecular complexity index is 2000. The minimum Gasteiger partial charge on any atom is -0.457 e. The molecule has 0 spiro atoms. The molecule has 7 rings (SSSR count). The third kappa shape index (κ3) is 5.54. The first-order valence-electron chi connectivity index (χ1n) is 15.7. The van der Waals surface area contributed by atoms with Crippen LogP contribution in [0.25, 0.3) is 22.2 Å². The van der Waals surface area contributed by atoms with Crippen LogP contribution in [0, 0.1) is 5.92 Å². The zero-order valence-electron chi connectivity index (χ0n) is 25.8. The summed E-state index contributed by atoms with van der Waals surface area (Å²) in [4.78, 5) is 34.2. The molecule has 0 radical (unpaired) electrons. The Balaban J connectivity index is 1.29. The maximum atomic E-state index is 14.4. The van der Waals surface area contributed by atoms with E-state index in [1.807, 2.05) is 114 Å². The maximum Gasteiger partial charge on any atom is 0.255 e. The van der Waals surface area contributed by atoms with Crippen LogP contribution in [-0.4, -0.2) is 27.7 Å². The van der Waals surface area contributed by atoms with Gasteiger partial charge in [0.1, 0.15) is 17.5 Å². The highest BCUT2D eigenvalue weighted by Gasteiger charge is 2.45. The van der Waals surface area contributed by atoms with Gasteiger partial charge in [-0.3, -0.25) is 9.59 Å². The zero-order valence-corrected chi connectivity index (χ0v) is 25.8. The van der Waals surface area contributed by atoms with Gasteiger partial charge in [-0.05, 0) is 72.0 Å². The van der Waals surface area contributed by atoms with Gasteiger partial charge >= 0.3 is 0 Å². The highest BCUT2D eigenvalue weighted by Crippen LogP contribution is 2.47. The molecule has 2 heterocycles. The minimum absolute atomic E-state index is 0.141. The number of ether oxygens (including phenoxy) is 1. The van der Waals surface area contributed by atoms with E-state index in [0.29, 0.717) is 23.4 Å². The van der Waals surface area contributed by atoms with Crippen molar-refractivity contribution in [3.8, 4) is 22.8 Å². The van der Waals surface area contributed by atoms with Gasteiger partial charge < -0.3 is 19.9 Å². The molecule has 46 heavy (non-hydrogen) atoms. The molecule has 5 aromatic carbocycles. The van der Waals surface area contributed by atoms with Gasteiger partial charge in [0.25, 0.3) is 5.91 Å². The number of anilines is 1. The summed E-state index contributed by atoms with van der Waals surface area (Å²) < 4.78 is 5.94. The average Bonchev–Trinajstić information content (AvgIpc) is 3.60. The number of nitrogens with one attached hydrogen (secondary N) is 2. The van der Waals surface area contributed by atoms with Crippen LogP contribution in [0.4, 0.5) is 5.69 Å². The van der Waals surface area contributed by atoms with Crippen LogP contribution in [-0.2, 0) is 4.79 Å². The molecular weight excluding hydrogens is 570 g/mol. The van der Waals surface area contributed by atoms with E-state index in [9.17, 15) is 9.59 Å². The largest absolute Gasteiger partial charge is 0.457 e. The summed E-state index contributed by atoms with van der Waals surface area (Å²) in [7, 11) is 0. The third-order valence-electron chi connectivity index (χ3n) is 8.51. The smallest absolute Gasteiger partial charge is 0.255 e. The second-order valence-corrected chi connectivity index (χ2v) is 12.1. The number of fused-ring (bicyclic) bond motifs is 2. The van der Waals surface area contributed by atoms with Gasteiger partial charge in [-0.2, -0.15) is 0 Å². The van der Waals surface area contributed by atoms with Crippen molar-refractivity contribution >= 4 is 28.4 Å². The van der Waals surface area contributed by atoms with E-state index in [4.69, 9.17) is 4.74 Å². The Morgan fingerprint density at radius 2 is 1.41 bits per heavy atom. The summed E-state index contributed by atoms with van der Waals surface area (Å²) in [6, 6.07) is 41.8. The summed E-state index contributed by atoms with van der Waals surface area (Å²) >= 11 is 0. The first-order chi connectivity index (χ1) is 22.5. The molecule has 2 amide bonds. The molecule has 2 unspecified atom stereocenters. The van der Waals surface area contributed by atoms with Crippen LogP contribution in [0.2, 0.25) is 0 Å². The lowest BCUT2D eigenvalue weighted by Crippen LogP contribution is -2.47. The van der Waals surface area contributed by atoms with Crippen molar-refractivity contribution in [2.45, 2.75) is 32.4 Å². The molecule has 228 valence electrons. The number of nitrogens with zero attached hydrogens (tertiary/aromatic N) is 1. The van der Waals surface area contributed by atoms with Crippen LogP contribution in [0.5, 0.6) is 11.5 Å². The highest BCUT2D eigenvalue weighted by atomic mass is 16.5. The number of aromatic nitrogens is 1. The molecule has 6 heteroatoms. The fraction of sp³-hybridized carbons (Fsp3) is 0.150. The van der Waals surface area contributed by atoms with Gasteiger partial charge in [0.05, 0.1) is 11.7 Å². The number of H-pyrrole nitrogens is 1. The SMILES string of the molecule is CC(C)CC(C(=O)Nc1ccc(Oc2ccccc2)cc1)N1C(=O)c2ccccc2C1c1c(-c2ccccc2)[nH]c2ccccc12. The molecule has 0 fully saturated rings. The molecule has 1 aliphatic heterocycles. The van der Waals surface area contributed by atoms with E-state index in [1.54, 1.807) is 0 Å². The normalized spacial score (nSPS) is 14.8. The van der Waals surface area contributed by atoms with E-state index in [-0.39, 0.29) is 17.7 Å². The standard InChI is InChI=1S/C40H35N3O3/c1-26(2)25-35(39(44)41-28-21-23-30(24-22-28)46-29-15-7-4-8-16-29)43-38(31-17-9-10-18-32(31)40(43)45)36-33-19-11-12-20-34(33)42-37(36)27-13-5-3-6-14-27/h3-24,26,35,38,42H,25H2,1-2H3,(H,41,44). The Hall–Kier alpha value is -5.62. The molecule has 2 atom stereocenters. The topological polar surface area (TPSA) is 74.4 Å². The number of para-hydroxylation sites is 2. The van der Waals surface area contributed by atoms with Crippen molar-refractivity contribution in [2.75, 3.05) is 5.32 Å². The third-order valence-corrected chi connectivity index (χ3v) is 8.51. The number of hydrogen-bond acceptors (Lipinski definition) is 3. The van der Waals surface area contributed by atoms with Gasteiger partial charge in [-0.15, -0.1) is 0 Å². The second-order valence-electron chi connectivity index (χ2n) is 12.1. The van der Waals surface area contributed by atoms with Crippen molar-refractivity contribution in [3.63, 3.8) is 0 Å². The van der Waals surface area contributed by atoms with Crippen LogP contribution in [0.15, 0.2) is 133 Å². The number of carbonyl (C=O) groups excluding carboxylic acids is 2. The molecule has 0 saturated carbocycles. The molecule has 1 aliphatic rings. The number of hydrogen-bond donors (Lipinski definition) is 2. The van der Waals surface area contributed by atoms with Crippen LogP contribution >= 0.6 is 0 Å². The zero-order chi connectivity index (χ0) is 31.6. The Morgan fingerprint density at radius 3 is 2.15 bits per heavy atom. The van der Waals surface area contributed by atoms with Crippen molar-refractivity contribution in [1.29, 1.82) is 0 Å². The van der Waals surface area contributed by atoms with Crippen molar-refractivity contribution in [2.24, 2.45) is 5.92 Å². The average molecular weight is 606 g/mol. The first kappa shape index (κ1) is 29.1. The lowest BCUT2D eigenvalue weighted by Gasteiger charge is -2.34. The predicted molar refractivity (Wildman–Crippen MR) is 183 cm³/mol. The van der Waals surface area contributed by atoms with Crippen molar-refractivity contribution in [1.82, 2.24) is 9.88 Å². The van der Waals surface area contributed by atoms with Crippen molar-refractivity contribution in [3.05, 3.63) is 150 Å². The van der Waals surface area contributed by atoms with E-state index >= 15 is 0 Å². The Labute approximate surface area is 268 Å². The summed E-state index contributed by atoms with van der Waals surface area (Å²) in [5.74, 6) is 1.20. The van der Waals surface area contributed by atoms with Gasteiger partial charge in [0, 0.05) is 27.7 Å².